The minimum Gasteiger partial charge on any atom is -0.463 e. The molecule has 0 aliphatic heterocycles. The first-order chi connectivity index (χ1) is 14.7. The number of aromatic nitrogens is 3. The molecule has 1 aromatic rings. The van der Waals surface area contributed by atoms with E-state index in [1.165, 1.54) is 0 Å². The van der Waals surface area contributed by atoms with Gasteiger partial charge in [-0.25, -0.2) is 4.79 Å². The Morgan fingerprint density at radius 2 is 1.71 bits per heavy atom. The average molecular weight is 444 g/mol. The zero-order chi connectivity index (χ0) is 23.1. The van der Waals surface area contributed by atoms with Gasteiger partial charge >= 0.3 is 18.1 Å². The van der Waals surface area contributed by atoms with Crippen molar-refractivity contribution in [3.05, 3.63) is 0 Å². The van der Waals surface area contributed by atoms with Crippen LogP contribution in [0.1, 0.15) is 33.6 Å². The van der Waals surface area contributed by atoms with Crippen LogP contribution in [-0.4, -0.2) is 96.2 Å². The number of anilines is 1. The number of likely N-dealkylation sites (N-methyl/N-ethyl adjacent to an activating group) is 1. The van der Waals surface area contributed by atoms with Crippen molar-refractivity contribution in [1.29, 1.82) is 0 Å². The van der Waals surface area contributed by atoms with Gasteiger partial charge in [0.1, 0.15) is 5.60 Å². The van der Waals surface area contributed by atoms with E-state index in [9.17, 15) is 4.79 Å². The molecular formula is C19H37N7O5. The van der Waals surface area contributed by atoms with Gasteiger partial charge in [0.25, 0.3) is 0 Å². The fraction of sp³-hybridized carbons (Fsp3) is 0.789. The monoisotopic (exact) mass is 443 g/mol. The van der Waals surface area contributed by atoms with Gasteiger partial charge in [-0.1, -0.05) is 0 Å². The van der Waals surface area contributed by atoms with Gasteiger partial charge in [-0.05, 0) is 47.2 Å². The van der Waals surface area contributed by atoms with E-state index in [4.69, 9.17) is 25.1 Å². The summed E-state index contributed by atoms with van der Waals surface area (Å²) in [7, 11) is 1.91. The second kappa shape index (κ2) is 14.5. The van der Waals surface area contributed by atoms with Crippen molar-refractivity contribution in [2.45, 2.75) is 39.2 Å². The second-order valence-corrected chi connectivity index (χ2v) is 7.80. The highest BCUT2D eigenvalue weighted by Crippen LogP contribution is 2.13. The van der Waals surface area contributed by atoms with Gasteiger partial charge in [-0.15, -0.1) is 4.98 Å². The number of aliphatic hydroxyl groups excluding tert-OH is 1. The first kappa shape index (κ1) is 26.6. The van der Waals surface area contributed by atoms with Gasteiger partial charge in [0.15, 0.2) is 0 Å². The van der Waals surface area contributed by atoms with Crippen LogP contribution in [0.15, 0.2) is 0 Å². The number of hydrogen-bond acceptors (Lipinski definition) is 11. The number of carbonyl (C=O) groups is 1. The predicted molar refractivity (Wildman–Crippen MR) is 116 cm³/mol. The largest absolute Gasteiger partial charge is 0.463 e. The Labute approximate surface area is 183 Å². The lowest BCUT2D eigenvalue weighted by Gasteiger charge is -2.19. The molecule has 12 nitrogen and oxygen atoms in total. The Hall–Kier alpha value is -2.44. The molecule has 0 aliphatic carbocycles. The maximum absolute atomic E-state index is 11.6. The number of hydrogen-bond donors (Lipinski definition) is 4. The molecule has 0 atom stereocenters. The predicted octanol–water partition coefficient (Wildman–Crippen LogP) is 0.229. The first-order valence-corrected chi connectivity index (χ1v) is 10.5. The molecule has 1 amide bonds. The highest BCUT2D eigenvalue weighted by atomic mass is 16.6. The third-order valence-corrected chi connectivity index (χ3v) is 3.65. The molecular weight excluding hydrogens is 406 g/mol. The van der Waals surface area contributed by atoms with E-state index in [0.717, 1.165) is 0 Å². The van der Waals surface area contributed by atoms with Crippen LogP contribution >= 0.6 is 0 Å². The lowest BCUT2D eigenvalue weighted by molar-refractivity contribution is 0.0525. The third kappa shape index (κ3) is 13.5. The van der Waals surface area contributed by atoms with E-state index >= 15 is 0 Å². The highest BCUT2D eigenvalue weighted by molar-refractivity contribution is 5.67. The number of amides is 1. The van der Waals surface area contributed by atoms with E-state index in [1.807, 2.05) is 11.9 Å². The van der Waals surface area contributed by atoms with E-state index in [1.54, 1.807) is 20.8 Å². The number of nitrogens with one attached hydrogen (secondary N) is 2. The highest BCUT2D eigenvalue weighted by Gasteiger charge is 2.15. The van der Waals surface area contributed by atoms with Crippen LogP contribution in [0.3, 0.4) is 0 Å². The molecule has 0 aliphatic rings. The summed E-state index contributed by atoms with van der Waals surface area (Å²) in [6, 6.07) is 0.276. The summed E-state index contributed by atoms with van der Waals surface area (Å²) in [6.07, 6.45) is 0.747. The smallest absolute Gasteiger partial charge is 0.407 e. The number of carbonyl (C=O) groups excluding carboxylic acids is 1. The molecule has 178 valence electrons. The summed E-state index contributed by atoms with van der Waals surface area (Å²) in [5.74, 6) is 0.331. The Morgan fingerprint density at radius 1 is 1.06 bits per heavy atom. The maximum Gasteiger partial charge on any atom is 0.407 e. The fourth-order valence-corrected chi connectivity index (χ4v) is 2.17. The first-order valence-electron chi connectivity index (χ1n) is 10.5. The Kier molecular flexibility index (Phi) is 12.5. The summed E-state index contributed by atoms with van der Waals surface area (Å²) in [5, 5.41) is 14.7. The van der Waals surface area contributed by atoms with Gasteiger partial charge in [-0.3, -0.25) is 0 Å². The fourth-order valence-electron chi connectivity index (χ4n) is 2.17. The molecule has 0 aromatic carbocycles. The Balaban J connectivity index is 2.54. The molecule has 31 heavy (non-hydrogen) atoms. The number of alkyl carbamates (subject to hydrolysis) is 1. The van der Waals surface area contributed by atoms with E-state index in [-0.39, 0.29) is 18.6 Å². The van der Waals surface area contributed by atoms with E-state index in [2.05, 4.69) is 25.6 Å². The van der Waals surface area contributed by atoms with Gasteiger partial charge < -0.3 is 40.6 Å². The molecule has 0 radical (unpaired) electrons. The van der Waals surface area contributed by atoms with Gasteiger partial charge in [-0.2, -0.15) is 9.97 Å². The minimum absolute atomic E-state index is 0.0994. The van der Waals surface area contributed by atoms with Crippen LogP contribution in [0.4, 0.5) is 10.7 Å². The van der Waals surface area contributed by atoms with Crippen LogP contribution in [0, 0.1) is 0 Å². The lowest BCUT2D eigenvalue weighted by atomic mass is 10.2. The normalized spacial score (nSPS) is 11.3. The average Bonchev–Trinajstić information content (AvgIpc) is 2.67. The van der Waals surface area contributed by atoms with Crippen molar-refractivity contribution in [1.82, 2.24) is 25.2 Å². The summed E-state index contributed by atoms with van der Waals surface area (Å²) >= 11 is 0. The van der Waals surface area contributed by atoms with Crippen molar-refractivity contribution in [2.75, 3.05) is 64.9 Å². The number of rotatable bonds is 15. The van der Waals surface area contributed by atoms with Gasteiger partial charge in [0.2, 0.25) is 5.95 Å². The molecule has 0 bridgehead atoms. The summed E-state index contributed by atoms with van der Waals surface area (Å²) in [5.41, 5.74) is 4.95. The van der Waals surface area contributed by atoms with Crippen LogP contribution in [-0.2, 0) is 4.74 Å². The molecule has 0 unspecified atom stereocenters. The SMILES string of the molecule is CN(CCO)CCNc1nc(OCCCN)nc(OCCCNC(=O)OC(C)(C)C)n1. The second-order valence-electron chi connectivity index (χ2n) is 7.80. The molecule has 1 rings (SSSR count). The van der Waals surface area contributed by atoms with E-state index in [0.29, 0.717) is 64.7 Å². The summed E-state index contributed by atoms with van der Waals surface area (Å²) < 4.78 is 16.3. The van der Waals surface area contributed by atoms with Crippen LogP contribution in [0.5, 0.6) is 12.0 Å². The number of nitrogens with two attached hydrogens (primary N) is 1. The molecule has 0 saturated carbocycles. The van der Waals surface area contributed by atoms with Crippen molar-refractivity contribution in [3.8, 4) is 12.0 Å². The van der Waals surface area contributed by atoms with Gasteiger partial charge in [0.05, 0.1) is 19.8 Å². The Bertz CT molecular complexity index is 643. The van der Waals surface area contributed by atoms with E-state index < -0.39 is 11.7 Å². The summed E-state index contributed by atoms with van der Waals surface area (Å²) in [4.78, 5) is 26.2. The zero-order valence-corrected chi connectivity index (χ0v) is 19.0. The van der Waals surface area contributed by atoms with Crippen molar-refractivity contribution in [2.24, 2.45) is 5.73 Å². The number of ether oxygens (including phenoxy) is 3. The Morgan fingerprint density at radius 3 is 2.29 bits per heavy atom. The zero-order valence-electron chi connectivity index (χ0n) is 19.0. The molecule has 0 fully saturated rings. The van der Waals surface area contributed by atoms with Crippen molar-refractivity contribution >= 4 is 12.0 Å². The standard InChI is InChI=1S/C19H37N7O5/c1-19(2,3)31-18(28)22-8-6-14-30-17-24-15(21-9-10-26(4)11-12-27)23-16(25-17)29-13-5-7-20/h27H,5-14,20H2,1-4H3,(H,22,28)(H,21,23,24,25). The molecule has 12 heteroatoms. The summed E-state index contributed by atoms with van der Waals surface area (Å²) in [6.45, 7) is 8.94. The molecule has 1 heterocycles. The van der Waals surface area contributed by atoms with Crippen molar-refractivity contribution < 1.29 is 24.1 Å². The number of nitrogens with zero attached hydrogens (tertiary/aromatic N) is 4. The quantitative estimate of drug-likeness (QED) is 0.275. The van der Waals surface area contributed by atoms with Gasteiger partial charge in [0, 0.05) is 26.2 Å². The molecule has 5 N–H and O–H groups in total. The third-order valence-electron chi connectivity index (χ3n) is 3.65. The topological polar surface area (TPSA) is 157 Å². The minimum atomic E-state index is -0.540. The lowest BCUT2D eigenvalue weighted by Crippen LogP contribution is -2.33. The van der Waals surface area contributed by atoms with Crippen LogP contribution in [0.25, 0.3) is 0 Å². The molecule has 1 aromatic heterocycles. The maximum atomic E-state index is 11.6. The van der Waals surface area contributed by atoms with Crippen LogP contribution < -0.4 is 25.8 Å². The molecule has 0 spiro atoms. The number of aliphatic hydroxyl groups is 1. The van der Waals surface area contributed by atoms with Crippen LogP contribution in [0.2, 0.25) is 0 Å². The van der Waals surface area contributed by atoms with Crippen molar-refractivity contribution in [3.63, 3.8) is 0 Å². The molecule has 0 saturated heterocycles.